The van der Waals surface area contributed by atoms with E-state index in [4.69, 9.17) is 42.6 Å². The molecule has 0 aliphatic rings. The summed E-state index contributed by atoms with van der Waals surface area (Å²) < 4.78 is 68.1. The van der Waals surface area contributed by atoms with Crippen molar-refractivity contribution in [3.05, 3.63) is 0 Å². The van der Waals surface area contributed by atoms with E-state index < -0.39 is 47.9 Å². The summed E-state index contributed by atoms with van der Waals surface area (Å²) in [4.78, 5) is 92.3. The molecule has 23 heteroatoms. The van der Waals surface area contributed by atoms with Crippen LogP contribution in [-0.2, 0) is 99.9 Å². The van der Waals surface area contributed by atoms with Crippen LogP contribution in [0.25, 0.3) is 0 Å². The van der Waals surface area contributed by atoms with E-state index in [9.17, 15) is 38.4 Å². The van der Waals surface area contributed by atoms with Gasteiger partial charge in [-0.2, -0.15) is 0 Å². The lowest BCUT2D eigenvalue weighted by Crippen LogP contribution is -2.34. The lowest BCUT2D eigenvalue weighted by molar-refractivity contribution is -0.142. The number of hydrogen-bond acceptors (Lipinski definition) is 21. The van der Waals surface area contributed by atoms with Crippen LogP contribution in [0.2, 0.25) is 0 Å². The van der Waals surface area contributed by atoms with Crippen LogP contribution >= 0.6 is 0 Å². The zero-order chi connectivity index (χ0) is 43.9. The molecule has 0 fully saturated rings. The van der Waals surface area contributed by atoms with Crippen molar-refractivity contribution < 1.29 is 99.9 Å². The maximum atomic E-state index is 12.0. The van der Waals surface area contributed by atoms with Crippen molar-refractivity contribution in [1.82, 2.24) is 10.6 Å². The van der Waals surface area contributed by atoms with Gasteiger partial charge in [0.05, 0.1) is 121 Å². The minimum absolute atomic E-state index is 0.00367. The van der Waals surface area contributed by atoms with E-state index in [0.717, 1.165) is 0 Å². The number of esters is 4. The number of nitrogens with one attached hydrogen (secondary N) is 2. The smallest absolute Gasteiger partial charge is 0.325 e. The predicted molar refractivity (Wildman–Crippen MR) is 198 cm³/mol. The van der Waals surface area contributed by atoms with Crippen molar-refractivity contribution in [3.63, 3.8) is 0 Å². The van der Waals surface area contributed by atoms with Crippen molar-refractivity contribution in [2.24, 2.45) is 0 Å². The first kappa shape index (κ1) is 54.8. The van der Waals surface area contributed by atoms with Crippen LogP contribution < -0.4 is 10.6 Å². The molecule has 0 radical (unpaired) electrons. The van der Waals surface area contributed by atoms with E-state index in [1.165, 1.54) is 28.4 Å². The lowest BCUT2D eigenvalue weighted by Gasteiger charge is -2.22. The summed E-state index contributed by atoms with van der Waals surface area (Å²) in [5.41, 5.74) is 0. The Labute approximate surface area is 342 Å². The Morgan fingerprint density at radius 1 is 0.373 bits per heavy atom. The molecule has 0 aromatic rings. The Bertz CT molecular complexity index is 1130. The zero-order valence-electron chi connectivity index (χ0n) is 34.3. The van der Waals surface area contributed by atoms with Gasteiger partial charge in [-0.25, -0.2) is 0 Å². The van der Waals surface area contributed by atoms with Gasteiger partial charge in [0.25, 0.3) is 0 Å². The van der Waals surface area contributed by atoms with Crippen LogP contribution in [0, 0.1) is 0 Å². The number of Topliss-reactive ketones (excluding diaryl/α,β-unsaturated/α-hetero) is 2. The van der Waals surface area contributed by atoms with Gasteiger partial charge >= 0.3 is 23.9 Å². The second kappa shape index (κ2) is 38.0. The number of hydrogen-bond donors (Lipinski definition) is 2. The molecule has 2 N–H and O–H groups in total. The molecule has 0 heterocycles. The number of carbonyl (C=O) groups is 8. The monoisotopic (exact) mass is 856 g/mol. The topological polar surface area (TPSA) is 281 Å². The molecule has 0 aliphatic heterocycles. The van der Waals surface area contributed by atoms with E-state index in [2.05, 4.69) is 29.6 Å². The van der Waals surface area contributed by atoms with Gasteiger partial charge in [0.2, 0.25) is 11.8 Å². The molecule has 340 valence electrons. The van der Waals surface area contributed by atoms with Gasteiger partial charge in [-0.15, -0.1) is 0 Å². The third kappa shape index (κ3) is 35.5. The fourth-order valence-corrected chi connectivity index (χ4v) is 3.95. The van der Waals surface area contributed by atoms with E-state index >= 15 is 0 Å². The van der Waals surface area contributed by atoms with Crippen LogP contribution in [0.1, 0.15) is 25.7 Å². The second-order valence-electron chi connectivity index (χ2n) is 11.8. The summed E-state index contributed by atoms with van der Waals surface area (Å²) in [5, 5.41) is 4.68. The molecule has 59 heavy (non-hydrogen) atoms. The predicted octanol–water partition coefficient (Wildman–Crippen LogP) is -2.50. The molecule has 2 unspecified atom stereocenters. The SMILES string of the molecule is COC(=O)CCC(=O)COCCOC(COCCOCC(=O)NCC(=O)OC)COCC(COCCOCC(=O)NCC(=O)OC)OCCOCC(=O)CCC(=O)OC. The summed E-state index contributed by atoms with van der Waals surface area (Å²) in [5.74, 6) is -3.82. The van der Waals surface area contributed by atoms with Crippen molar-refractivity contribution in [1.29, 1.82) is 0 Å². The largest absolute Gasteiger partial charge is 0.469 e. The number of rotatable bonds is 40. The average molecular weight is 857 g/mol. The van der Waals surface area contributed by atoms with Crippen LogP contribution in [-0.4, -0.2) is 207 Å². The Morgan fingerprint density at radius 3 is 1.07 bits per heavy atom. The number of carbonyl (C=O) groups excluding carboxylic acids is 8. The van der Waals surface area contributed by atoms with E-state index in [0.29, 0.717) is 0 Å². The maximum absolute atomic E-state index is 12.0. The molecule has 0 aromatic carbocycles. The third-order valence-electron chi connectivity index (χ3n) is 7.10. The lowest BCUT2D eigenvalue weighted by atomic mass is 10.2. The van der Waals surface area contributed by atoms with Gasteiger partial charge in [-0.05, 0) is 0 Å². The molecule has 0 saturated carbocycles. The fraction of sp³-hybridized carbons (Fsp3) is 0.778. The third-order valence-corrected chi connectivity index (χ3v) is 7.10. The van der Waals surface area contributed by atoms with Gasteiger partial charge in [-0.3, -0.25) is 38.4 Å². The number of methoxy groups -OCH3 is 4. The second-order valence-corrected chi connectivity index (χ2v) is 11.8. The first-order valence-corrected chi connectivity index (χ1v) is 18.5. The summed E-state index contributed by atoms with van der Waals surface area (Å²) in [6, 6.07) is 0. The molecule has 0 bridgehead atoms. The average Bonchev–Trinajstić information content (AvgIpc) is 3.24. The minimum Gasteiger partial charge on any atom is -0.469 e. The highest BCUT2D eigenvalue weighted by Crippen LogP contribution is 2.02. The minimum atomic E-state index is -0.642. The van der Waals surface area contributed by atoms with Gasteiger partial charge in [0, 0.05) is 12.8 Å². The highest BCUT2D eigenvalue weighted by molar-refractivity contribution is 5.84. The van der Waals surface area contributed by atoms with Crippen LogP contribution in [0.4, 0.5) is 0 Å². The molecule has 23 nitrogen and oxygen atoms in total. The van der Waals surface area contributed by atoms with Gasteiger partial charge in [-0.1, -0.05) is 0 Å². The molecule has 2 atom stereocenters. The van der Waals surface area contributed by atoms with Crippen molar-refractivity contribution in [3.8, 4) is 0 Å². The Hall–Kier alpha value is -4.20. The summed E-state index contributed by atoms with van der Waals surface area (Å²) in [7, 11) is 4.85. The summed E-state index contributed by atoms with van der Waals surface area (Å²) >= 11 is 0. The highest BCUT2D eigenvalue weighted by Gasteiger charge is 2.16. The molecule has 0 saturated heterocycles. The Balaban J connectivity index is 5.06. The van der Waals surface area contributed by atoms with Crippen LogP contribution in [0.5, 0.6) is 0 Å². The van der Waals surface area contributed by atoms with Gasteiger partial charge in [0.15, 0.2) is 11.6 Å². The van der Waals surface area contributed by atoms with Gasteiger partial charge < -0.3 is 72.2 Å². The maximum Gasteiger partial charge on any atom is 0.325 e. The van der Waals surface area contributed by atoms with E-state index in [-0.39, 0.29) is 156 Å². The van der Waals surface area contributed by atoms with E-state index in [1.807, 2.05) is 0 Å². The fourth-order valence-electron chi connectivity index (χ4n) is 3.95. The van der Waals surface area contributed by atoms with Crippen molar-refractivity contribution in [2.45, 2.75) is 37.9 Å². The number of amides is 2. The van der Waals surface area contributed by atoms with E-state index in [1.54, 1.807) is 0 Å². The normalized spacial score (nSPS) is 11.9. The summed E-state index contributed by atoms with van der Waals surface area (Å²) in [6.45, 7) is -1.13. The Morgan fingerprint density at radius 2 is 0.695 bits per heavy atom. The molecule has 2 amide bonds. The molecule has 0 rings (SSSR count). The molecular weight excluding hydrogens is 796 g/mol. The molecule has 0 aromatic heterocycles. The van der Waals surface area contributed by atoms with Crippen molar-refractivity contribution in [2.75, 3.05) is 147 Å². The first-order valence-electron chi connectivity index (χ1n) is 18.5. The standard InChI is InChI=1S/C36H60N2O21/c1-47-33(43)7-5-27(39)19-51-13-15-58-29(21-53-9-11-55-25-31(41)37-17-35(45)49-3)23-57-24-30(59-16-14-52-20-28(40)6-8-34(44)48-2)22-54-10-12-56-26-32(42)38-18-36(46)50-4/h29-30H,5-26H2,1-4H3,(H,37,41)(H,38,42). The zero-order valence-corrected chi connectivity index (χ0v) is 34.3. The molecule has 0 spiro atoms. The highest BCUT2D eigenvalue weighted by atomic mass is 16.6. The molecule has 0 aliphatic carbocycles. The van der Waals surface area contributed by atoms with Gasteiger partial charge in [0.1, 0.15) is 51.7 Å². The quantitative estimate of drug-likeness (QED) is 0.0366. The van der Waals surface area contributed by atoms with Crippen molar-refractivity contribution >= 4 is 47.3 Å². The number of ether oxygens (including phenoxy) is 13. The Kier molecular flexibility index (Phi) is 35.3. The van der Waals surface area contributed by atoms with Crippen LogP contribution in [0.15, 0.2) is 0 Å². The molecular formula is C36H60N2O21. The number of ketones is 2. The summed E-state index contributed by atoms with van der Waals surface area (Å²) in [6.07, 6.45) is -1.44. The first-order chi connectivity index (χ1) is 28.4. The van der Waals surface area contributed by atoms with Crippen LogP contribution in [0.3, 0.4) is 0 Å².